The summed E-state index contributed by atoms with van der Waals surface area (Å²) < 4.78 is 1.21. The largest absolute Gasteiger partial charge is 0.0657 e. The molecule has 1 aromatic carbocycles. The Hall–Kier alpha value is -0.0831. The van der Waals surface area contributed by atoms with E-state index in [9.17, 15) is 0 Å². The Kier molecular flexibility index (Phi) is 7.46. The average molecular weight is 408 g/mol. The van der Waals surface area contributed by atoms with Gasteiger partial charge >= 0.3 is 0 Å². The Morgan fingerprint density at radius 3 is 2.04 bits per heavy atom. The standard InChI is InChI=1S/C22H35BrSi/c1-2-15-24-16-13-19(14-17-24)4-3-18-5-7-20(8-6-18)21-9-11-22(23)12-10-21/h9-12,18-20,24H,2-8,13-17H2,1H3/t18-,19-,20-,24-. The second-order valence-corrected chi connectivity index (χ2v) is 12.9. The van der Waals surface area contributed by atoms with Gasteiger partial charge in [-0.3, -0.25) is 0 Å². The van der Waals surface area contributed by atoms with Crippen LogP contribution in [0.2, 0.25) is 18.1 Å². The zero-order chi connectivity index (χ0) is 16.8. The van der Waals surface area contributed by atoms with Gasteiger partial charge in [-0.1, -0.05) is 85.2 Å². The summed E-state index contributed by atoms with van der Waals surface area (Å²) >= 11 is 3.55. The highest BCUT2D eigenvalue weighted by Crippen LogP contribution is 2.39. The number of hydrogen-bond acceptors (Lipinski definition) is 0. The summed E-state index contributed by atoms with van der Waals surface area (Å²) in [4.78, 5) is 0. The molecule has 0 aromatic heterocycles. The molecule has 2 fully saturated rings. The van der Waals surface area contributed by atoms with Crippen molar-refractivity contribution in [3.05, 3.63) is 34.3 Å². The number of halogens is 1. The zero-order valence-corrected chi connectivity index (χ0v) is 18.2. The molecule has 1 aliphatic carbocycles. The molecule has 0 radical (unpaired) electrons. The van der Waals surface area contributed by atoms with E-state index in [-0.39, 0.29) is 8.80 Å². The summed E-state index contributed by atoms with van der Waals surface area (Å²) in [6.45, 7) is 2.38. The molecule has 0 atom stereocenters. The fraction of sp³-hybridized carbons (Fsp3) is 0.727. The fourth-order valence-corrected chi connectivity index (χ4v) is 9.04. The highest BCUT2D eigenvalue weighted by Gasteiger charge is 2.25. The van der Waals surface area contributed by atoms with Gasteiger partial charge in [-0.05, 0) is 61.1 Å². The summed E-state index contributed by atoms with van der Waals surface area (Å²) in [7, 11) is -0.274. The van der Waals surface area contributed by atoms with E-state index >= 15 is 0 Å². The van der Waals surface area contributed by atoms with Gasteiger partial charge in [0.15, 0.2) is 0 Å². The predicted octanol–water partition coefficient (Wildman–Crippen LogP) is 7.55. The summed E-state index contributed by atoms with van der Waals surface area (Å²) in [5.74, 6) is 2.95. The van der Waals surface area contributed by atoms with Gasteiger partial charge in [-0.25, -0.2) is 0 Å². The van der Waals surface area contributed by atoms with Crippen molar-refractivity contribution in [2.45, 2.75) is 88.8 Å². The van der Waals surface area contributed by atoms with Crippen LogP contribution in [0.15, 0.2) is 28.7 Å². The molecule has 0 nitrogen and oxygen atoms in total. The van der Waals surface area contributed by atoms with Crippen molar-refractivity contribution in [2.75, 3.05) is 0 Å². The molecule has 0 unspecified atom stereocenters. The molecule has 1 aromatic rings. The van der Waals surface area contributed by atoms with E-state index in [1.165, 1.54) is 43.0 Å². The monoisotopic (exact) mass is 406 g/mol. The number of benzene rings is 1. The van der Waals surface area contributed by atoms with Crippen molar-refractivity contribution in [2.24, 2.45) is 11.8 Å². The molecule has 24 heavy (non-hydrogen) atoms. The van der Waals surface area contributed by atoms with Gasteiger partial charge in [0, 0.05) is 13.3 Å². The van der Waals surface area contributed by atoms with Crippen LogP contribution in [0.3, 0.4) is 0 Å². The van der Waals surface area contributed by atoms with Crippen LogP contribution in [-0.2, 0) is 0 Å². The molecule has 2 heteroatoms. The van der Waals surface area contributed by atoms with Crippen LogP contribution in [0.5, 0.6) is 0 Å². The lowest BCUT2D eigenvalue weighted by molar-refractivity contribution is 0.280. The second kappa shape index (κ2) is 9.57. The van der Waals surface area contributed by atoms with E-state index in [2.05, 4.69) is 47.1 Å². The molecular formula is C22H35BrSi. The molecule has 134 valence electrons. The van der Waals surface area contributed by atoms with Crippen LogP contribution >= 0.6 is 15.9 Å². The Balaban J connectivity index is 1.35. The number of rotatable bonds is 6. The molecule has 3 rings (SSSR count). The van der Waals surface area contributed by atoms with Crippen LogP contribution < -0.4 is 0 Å². The minimum Gasteiger partial charge on any atom is -0.0657 e. The van der Waals surface area contributed by atoms with Crippen molar-refractivity contribution in [1.29, 1.82) is 0 Å². The molecule has 1 aliphatic heterocycles. The van der Waals surface area contributed by atoms with Crippen molar-refractivity contribution < 1.29 is 0 Å². The third kappa shape index (κ3) is 5.46. The Bertz CT molecular complexity index is 467. The van der Waals surface area contributed by atoms with Crippen molar-refractivity contribution in [3.8, 4) is 0 Å². The fourth-order valence-electron chi connectivity index (χ4n) is 5.21. The van der Waals surface area contributed by atoms with Crippen molar-refractivity contribution >= 4 is 24.7 Å². The maximum Gasteiger partial charge on any atom is 0.0367 e. The molecule has 2 aliphatic rings. The molecule has 0 amide bonds. The zero-order valence-electron chi connectivity index (χ0n) is 15.5. The van der Waals surface area contributed by atoms with Gasteiger partial charge in [-0.2, -0.15) is 0 Å². The summed E-state index contributed by atoms with van der Waals surface area (Å²) in [5.41, 5.74) is 1.57. The smallest absolute Gasteiger partial charge is 0.0367 e. The molecule has 1 heterocycles. The highest BCUT2D eigenvalue weighted by atomic mass is 79.9. The molecule has 0 bridgehead atoms. The Morgan fingerprint density at radius 2 is 1.46 bits per heavy atom. The third-order valence-corrected chi connectivity index (χ3v) is 11.1. The first-order valence-electron chi connectivity index (χ1n) is 10.5. The lowest BCUT2D eigenvalue weighted by atomic mass is 9.76. The van der Waals surface area contributed by atoms with Gasteiger partial charge in [0.1, 0.15) is 0 Å². The van der Waals surface area contributed by atoms with Gasteiger partial charge in [-0.15, -0.1) is 0 Å². The van der Waals surface area contributed by atoms with E-state index in [0.717, 1.165) is 17.8 Å². The predicted molar refractivity (Wildman–Crippen MR) is 113 cm³/mol. The van der Waals surface area contributed by atoms with Gasteiger partial charge < -0.3 is 0 Å². The first-order chi connectivity index (χ1) is 11.7. The number of hydrogen-bond donors (Lipinski definition) is 0. The lowest BCUT2D eigenvalue weighted by Gasteiger charge is -2.32. The second-order valence-electron chi connectivity index (χ2n) is 8.52. The van der Waals surface area contributed by atoms with E-state index in [1.807, 2.05) is 0 Å². The molecule has 1 saturated carbocycles. The Labute approximate surface area is 159 Å². The van der Waals surface area contributed by atoms with Crippen LogP contribution in [-0.4, -0.2) is 8.80 Å². The summed E-state index contributed by atoms with van der Waals surface area (Å²) in [6, 6.07) is 14.0. The lowest BCUT2D eigenvalue weighted by Crippen LogP contribution is -2.22. The highest BCUT2D eigenvalue weighted by molar-refractivity contribution is 9.10. The van der Waals surface area contributed by atoms with E-state index < -0.39 is 0 Å². The maximum atomic E-state index is 3.55. The van der Waals surface area contributed by atoms with Crippen LogP contribution in [0, 0.1) is 11.8 Å². The molecular weight excluding hydrogens is 372 g/mol. The van der Waals surface area contributed by atoms with Crippen LogP contribution in [0.4, 0.5) is 0 Å². The molecule has 1 saturated heterocycles. The Morgan fingerprint density at radius 1 is 0.875 bits per heavy atom. The normalized spacial score (nSPS) is 31.1. The summed E-state index contributed by atoms with van der Waals surface area (Å²) in [5, 5.41) is 0. The first-order valence-corrected chi connectivity index (χ1v) is 13.7. The van der Waals surface area contributed by atoms with Crippen molar-refractivity contribution in [1.82, 2.24) is 0 Å². The van der Waals surface area contributed by atoms with Gasteiger partial charge in [0.05, 0.1) is 0 Å². The van der Waals surface area contributed by atoms with Crippen molar-refractivity contribution in [3.63, 3.8) is 0 Å². The average Bonchev–Trinajstić information content (AvgIpc) is 2.63. The SMILES string of the molecule is CCC[Si@H]1CC[C@H](CC[C@H]2CC[C@H](c3ccc(Br)cc3)CC2)CC1. The first kappa shape index (κ1) is 18.7. The van der Waals surface area contributed by atoms with E-state index in [0.29, 0.717) is 0 Å². The summed E-state index contributed by atoms with van der Waals surface area (Å²) in [6.07, 6.45) is 13.5. The molecule has 0 N–H and O–H groups in total. The van der Waals surface area contributed by atoms with E-state index in [4.69, 9.17) is 0 Å². The third-order valence-electron chi connectivity index (χ3n) is 6.83. The minimum absolute atomic E-state index is 0.274. The maximum absolute atomic E-state index is 3.55. The quantitative estimate of drug-likeness (QED) is 0.427. The van der Waals surface area contributed by atoms with E-state index in [1.54, 1.807) is 43.0 Å². The minimum atomic E-state index is -0.274. The van der Waals surface area contributed by atoms with Crippen LogP contribution in [0.25, 0.3) is 0 Å². The van der Waals surface area contributed by atoms with Gasteiger partial charge in [0.2, 0.25) is 0 Å². The topological polar surface area (TPSA) is 0 Å². The van der Waals surface area contributed by atoms with Gasteiger partial charge in [0.25, 0.3) is 0 Å². The van der Waals surface area contributed by atoms with Crippen LogP contribution in [0.1, 0.15) is 76.2 Å². The molecule has 0 spiro atoms.